The number of nitrogens with one attached hydrogen (secondary N) is 2. The third kappa shape index (κ3) is 4.55. The topological polar surface area (TPSA) is 48.1 Å². The van der Waals surface area contributed by atoms with Crippen molar-refractivity contribution < 1.29 is 9.18 Å². The molecule has 0 unspecified atom stereocenters. The lowest BCUT2D eigenvalue weighted by molar-refractivity contribution is 0.102. The molecule has 2 aromatic carbocycles. The summed E-state index contributed by atoms with van der Waals surface area (Å²) in [6.07, 6.45) is 2.10. The molecule has 3 aromatic rings. The second kappa shape index (κ2) is 8.35. The summed E-state index contributed by atoms with van der Waals surface area (Å²) < 4.78 is 13.0. The summed E-state index contributed by atoms with van der Waals surface area (Å²) in [5, 5.41) is 4.04. The molecule has 0 aliphatic heterocycles. The monoisotopic (exact) mass is 367 g/mol. The molecule has 2 N–H and O–H groups in total. The zero-order chi connectivity index (χ0) is 19.4. The minimum Gasteiger partial charge on any atom is -0.358 e. The van der Waals surface area contributed by atoms with Crippen molar-refractivity contribution in [1.29, 1.82) is 0 Å². The number of amides is 1. The average molecular weight is 367 g/mol. The van der Waals surface area contributed by atoms with Crippen LogP contribution in [0.4, 0.5) is 10.1 Å². The maximum atomic E-state index is 13.0. The van der Waals surface area contributed by atoms with Crippen LogP contribution in [0.5, 0.6) is 0 Å². The average Bonchev–Trinajstić information content (AvgIpc) is 2.95. The van der Waals surface area contributed by atoms with Crippen molar-refractivity contribution in [1.82, 2.24) is 9.88 Å². The molecular weight excluding hydrogens is 341 g/mol. The number of aromatic amines is 1. The van der Waals surface area contributed by atoms with E-state index in [4.69, 9.17) is 0 Å². The molecule has 5 heteroatoms. The number of halogens is 1. The molecule has 27 heavy (non-hydrogen) atoms. The molecular formula is C22H26FN3O. The first-order chi connectivity index (χ1) is 13.0. The highest BCUT2D eigenvalue weighted by Crippen LogP contribution is 2.26. The fraction of sp³-hybridized carbons (Fsp3) is 0.318. The maximum Gasteiger partial charge on any atom is 0.255 e. The largest absolute Gasteiger partial charge is 0.358 e. The number of aromatic nitrogens is 1. The standard InChI is InChI=1S/C22H26FN3O/c1-4-12-26(3)13-11-19-15(2)24-21-10-9-18(14-20(19)21)25-22(27)16-5-7-17(23)8-6-16/h5-10,14,24H,4,11-13H2,1-3H3,(H,25,27). The number of aryl methyl sites for hydroxylation is 1. The third-order valence-electron chi connectivity index (χ3n) is 4.83. The number of carbonyl (C=O) groups is 1. The Labute approximate surface area is 159 Å². The van der Waals surface area contributed by atoms with Gasteiger partial charge in [0, 0.05) is 34.4 Å². The third-order valence-corrected chi connectivity index (χ3v) is 4.83. The van der Waals surface area contributed by atoms with Gasteiger partial charge in [-0.25, -0.2) is 4.39 Å². The molecule has 4 nitrogen and oxygen atoms in total. The SMILES string of the molecule is CCCN(C)CCc1c(C)[nH]c2ccc(NC(=O)c3ccc(F)cc3)cc12. The zero-order valence-corrected chi connectivity index (χ0v) is 16.1. The molecule has 3 rings (SSSR count). The van der Waals surface area contributed by atoms with E-state index in [0.717, 1.165) is 48.2 Å². The molecule has 0 fully saturated rings. The summed E-state index contributed by atoms with van der Waals surface area (Å²) in [6, 6.07) is 11.4. The number of H-pyrrole nitrogens is 1. The molecule has 1 aromatic heterocycles. The van der Waals surface area contributed by atoms with Crippen molar-refractivity contribution in [3.63, 3.8) is 0 Å². The van der Waals surface area contributed by atoms with E-state index in [1.54, 1.807) is 0 Å². The molecule has 0 aliphatic rings. The van der Waals surface area contributed by atoms with E-state index in [9.17, 15) is 9.18 Å². The Morgan fingerprint density at radius 1 is 1.15 bits per heavy atom. The lowest BCUT2D eigenvalue weighted by atomic mass is 10.1. The highest BCUT2D eigenvalue weighted by atomic mass is 19.1. The lowest BCUT2D eigenvalue weighted by Crippen LogP contribution is -2.22. The summed E-state index contributed by atoms with van der Waals surface area (Å²) >= 11 is 0. The minimum atomic E-state index is -0.353. The molecule has 1 amide bonds. The van der Waals surface area contributed by atoms with E-state index in [1.165, 1.54) is 29.8 Å². The van der Waals surface area contributed by atoms with Crippen molar-refractivity contribution in [2.45, 2.75) is 26.7 Å². The Bertz CT molecular complexity index is 931. The van der Waals surface area contributed by atoms with Gasteiger partial charge in [-0.05, 0) is 81.4 Å². The summed E-state index contributed by atoms with van der Waals surface area (Å²) in [7, 11) is 2.14. The van der Waals surface area contributed by atoms with Gasteiger partial charge in [-0.2, -0.15) is 0 Å². The second-order valence-corrected chi connectivity index (χ2v) is 7.00. The van der Waals surface area contributed by atoms with Crippen LogP contribution < -0.4 is 5.32 Å². The molecule has 1 heterocycles. The van der Waals surface area contributed by atoms with Crippen LogP contribution >= 0.6 is 0 Å². The van der Waals surface area contributed by atoms with Crippen LogP contribution in [0.2, 0.25) is 0 Å². The number of nitrogens with zero attached hydrogens (tertiary/aromatic N) is 1. The molecule has 0 aliphatic carbocycles. The lowest BCUT2D eigenvalue weighted by Gasteiger charge is -2.15. The molecule has 0 spiro atoms. The molecule has 0 radical (unpaired) electrons. The Morgan fingerprint density at radius 3 is 2.59 bits per heavy atom. The predicted octanol–water partition coefficient (Wildman–Crippen LogP) is 4.75. The predicted molar refractivity (Wildman–Crippen MR) is 109 cm³/mol. The Balaban J connectivity index is 1.80. The first-order valence-corrected chi connectivity index (χ1v) is 9.34. The Kier molecular flexibility index (Phi) is 5.91. The van der Waals surface area contributed by atoms with Gasteiger partial charge in [-0.15, -0.1) is 0 Å². The minimum absolute atomic E-state index is 0.245. The van der Waals surface area contributed by atoms with Gasteiger partial charge in [-0.3, -0.25) is 4.79 Å². The van der Waals surface area contributed by atoms with Crippen molar-refractivity contribution in [2.24, 2.45) is 0 Å². The number of likely N-dealkylation sites (N-methyl/N-ethyl adjacent to an activating group) is 1. The van der Waals surface area contributed by atoms with Crippen LogP contribution in [0.3, 0.4) is 0 Å². The van der Waals surface area contributed by atoms with E-state index in [2.05, 4.69) is 36.1 Å². The van der Waals surface area contributed by atoms with E-state index in [1.807, 2.05) is 18.2 Å². The van der Waals surface area contributed by atoms with Gasteiger partial charge in [0.05, 0.1) is 0 Å². The van der Waals surface area contributed by atoms with Crippen molar-refractivity contribution >= 4 is 22.5 Å². The van der Waals surface area contributed by atoms with E-state index in [0.29, 0.717) is 5.56 Å². The van der Waals surface area contributed by atoms with E-state index in [-0.39, 0.29) is 11.7 Å². The van der Waals surface area contributed by atoms with E-state index < -0.39 is 0 Å². The van der Waals surface area contributed by atoms with Crippen LogP contribution in [-0.4, -0.2) is 35.9 Å². The molecule has 0 bridgehead atoms. The molecule has 142 valence electrons. The second-order valence-electron chi connectivity index (χ2n) is 7.00. The highest BCUT2D eigenvalue weighted by Gasteiger charge is 2.12. The van der Waals surface area contributed by atoms with Crippen LogP contribution in [0, 0.1) is 12.7 Å². The van der Waals surface area contributed by atoms with Crippen LogP contribution in [0.1, 0.15) is 35.0 Å². The van der Waals surface area contributed by atoms with E-state index >= 15 is 0 Å². The number of benzene rings is 2. The maximum absolute atomic E-state index is 13.0. The molecule has 0 atom stereocenters. The van der Waals surface area contributed by atoms with Crippen molar-refractivity contribution in [3.05, 3.63) is 65.1 Å². The molecule has 0 saturated heterocycles. The fourth-order valence-electron chi connectivity index (χ4n) is 3.38. The fourth-order valence-corrected chi connectivity index (χ4v) is 3.38. The number of rotatable bonds is 7. The Morgan fingerprint density at radius 2 is 1.89 bits per heavy atom. The van der Waals surface area contributed by atoms with Crippen LogP contribution in [0.25, 0.3) is 10.9 Å². The number of hydrogen-bond acceptors (Lipinski definition) is 2. The highest BCUT2D eigenvalue weighted by molar-refractivity contribution is 6.05. The molecule has 0 saturated carbocycles. The van der Waals surface area contributed by atoms with Gasteiger partial charge in [0.15, 0.2) is 0 Å². The summed E-state index contributed by atoms with van der Waals surface area (Å²) in [4.78, 5) is 18.2. The summed E-state index contributed by atoms with van der Waals surface area (Å²) in [5.74, 6) is -0.598. The first-order valence-electron chi connectivity index (χ1n) is 9.34. The number of hydrogen-bond donors (Lipinski definition) is 2. The van der Waals surface area contributed by atoms with Gasteiger partial charge >= 0.3 is 0 Å². The zero-order valence-electron chi connectivity index (χ0n) is 16.1. The van der Waals surface area contributed by atoms with Crippen molar-refractivity contribution in [2.75, 3.05) is 25.5 Å². The van der Waals surface area contributed by atoms with Gasteiger partial charge < -0.3 is 15.2 Å². The quantitative estimate of drug-likeness (QED) is 0.633. The Hall–Kier alpha value is -2.66. The summed E-state index contributed by atoms with van der Waals surface area (Å²) in [6.45, 7) is 6.35. The normalized spacial score (nSPS) is 11.3. The number of carbonyl (C=O) groups excluding carboxylic acids is 1. The van der Waals surface area contributed by atoms with Crippen LogP contribution in [0.15, 0.2) is 42.5 Å². The van der Waals surface area contributed by atoms with Crippen molar-refractivity contribution in [3.8, 4) is 0 Å². The smallest absolute Gasteiger partial charge is 0.255 e. The van der Waals surface area contributed by atoms with Gasteiger partial charge in [-0.1, -0.05) is 6.92 Å². The summed E-state index contributed by atoms with van der Waals surface area (Å²) in [5.41, 5.74) is 4.69. The number of fused-ring (bicyclic) bond motifs is 1. The van der Waals surface area contributed by atoms with Gasteiger partial charge in [0.1, 0.15) is 5.82 Å². The van der Waals surface area contributed by atoms with Gasteiger partial charge in [0.25, 0.3) is 5.91 Å². The van der Waals surface area contributed by atoms with Gasteiger partial charge in [0.2, 0.25) is 0 Å². The van der Waals surface area contributed by atoms with Crippen LogP contribution in [-0.2, 0) is 6.42 Å². The number of anilines is 1. The first kappa shape index (κ1) is 19.1.